The molecule has 1 aliphatic rings. The van der Waals surface area contributed by atoms with E-state index in [1.807, 2.05) is 30.3 Å². The van der Waals surface area contributed by atoms with Crippen molar-refractivity contribution in [2.75, 3.05) is 0 Å². The SMILES string of the molecule is Cc1ccc2c(c1)C=CC(C)(C(C)(C)c1cc(C(=N)c3ccccc3)ccc1C)C2. The van der Waals surface area contributed by atoms with E-state index in [0.29, 0.717) is 5.71 Å². The van der Waals surface area contributed by atoms with Gasteiger partial charge < -0.3 is 0 Å². The Morgan fingerprint density at radius 2 is 1.63 bits per heavy atom. The summed E-state index contributed by atoms with van der Waals surface area (Å²) in [5.74, 6) is 0. The molecule has 1 nitrogen and oxygen atoms in total. The molecule has 0 spiro atoms. The Balaban J connectivity index is 1.74. The summed E-state index contributed by atoms with van der Waals surface area (Å²) in [5, 5.41) is 8.74. The third kappa shape index (κ3) is 3.43. The second-order valence-electron chi connectivity index (χ2n) is 9.53. The van der Waals surface area contributed by atoms with Crippen molar-refractivity contribution in [3.05, 3.63) is 112 Å². The van der Waals surface area contributed by atoms with Crippen LogP contribution in [0.2, 0.25) is 0 Å². The van der Waals surface area contributed by atoms with Crippen molar-refractivity contribution in [2.45, 2.75) is 46.5 Å². The van der Waals surface area contributed by atoms with E-state index < -0.39 is 0 Å². The Morgan fingerprint density at radius 3 is 2.37 bits per heavy atom. The van der Waals surface area contributed by atoms with E-state index in [-0.39, 0.29) is 10.8 Å². The summed E-state index contributed by atoms with van der Waals surface area (Å²) in [4.78, 5) is 0. The Bertz CT molecular complexity index is 1130. The number of rotatable bonds is 4. The summed E-state index contributed by atoms with van der Waals surface area (Å²) in [5.41, 5.74) is 9.12. The maximum absolute atomic E-state index is 8.74. The molecule has 1 N–H and O–H groups in total. The predicted octanol–water partition coefficient (Wildman–Crippen LogP) is 7.27. The maximum Gasteiger partial charge on any atom is 0.0684 e. The first-order valence-electron chi connectivity index (χ1n) is 10.8. The molecular formula is C29H31N. The van der Waals surface area contributed by atoms with Gasteiger partial charge in [-0.1, -0.05) is 99.2 Å². The largest absolute Gasteiger partial charge is 0.300 e. The van der Waals surface area contributed by atoms with Gasteiger partial charge in [-0.25, -0.2) is 0 Å². The highest BCUT2D eigenvalue weighted by molar-refractivity contribution is 6.11. The van der Waals surface area contributed by atoms with E-state index in [1.54, 1.807) is 0 Å². The van der Waals surface area contributed by atoms with Crippen molar-refractivity contribution >= 4 is 11.8 Å². The summed E-state index contributed by atoms with van der Waals surface area (Å²) in [7, 11) is 0. The number of nitrogens with one attached hydrogen (secondary N) is 1. The van der Waals surface area contributed by atoms with E-state index in [9.17, 15) is 0 Å². The summed E-state index contributed by atoms with van der Waals surface area (Å²) >= 11 is 0. The second kappa shape index (κ2) is 7.40. The number of aryl methyl sites for hydroxylation is 2. The van der Waals surface area contributed by atoms with Crippen LogP contribution in [0.1, 0.15) is 59.7 Å². The topological polar surface area (TPSA) is 23.9 Å². The van der Waals surface area contributed by atoms with Gasteiger partial charge in [0.1, 0.15) is 0 Å². The van der Waals surface area contributed by atoms with E-state index >= 15 is 0 Å². The van der Waals surface area contributed by atoms with Gasteiger partial charge in [-0.3, -0.25) is 5.41 Å². The summed E-state index contributed by atoms with van der Waals surface area (Å²) in [6.07, 6.45) is 5.73. The molecule has 1 heteroatoms. The minimum atomic E-state index is -0.0802. The van der Waals surface area contributed by atoms with Gasteiger partial charge in [0, 0.05) is 5.56 Å². The number of benzene rings is 3. The van der Waals surface area contributed by atoms with E-state index in [0.717, 1.165) is 17.5 Å². The fourth-order valence-corrected chi connectivity index (χ4v) is 4.72. The molecule has 0 heterocycles. The minimum absolute atomic E-state index is 0.00637. The average Bonchev–Trinajstić information content (AvgIpc) is 2.74. The second-order valence-corrected chi connectivity index (χ2v) is 9.53. The predicted molar refractivity (Wildman–Crippen MR) is 129 cm³/mol. The van der Waals surface area contributed by atoms with Gasteiger partial charge >= 0.3 is 0 Å². The lowest BCUT2D eigenvalue weighted by atomic mass is 9.58. The van der Waals surface area contributed by atoms with Crippen LogP contribution in [0.3, 0.4) is 0 Å². The van der Waals surface area contributed by atoms with Crippen LogP contribution in [0, 0.1) is 24.7 Å². The average molecular weight is 394 g/mol. The van der Waals surface area contributed by atoms with E-state index in [1.165, 1.54) is 27.8 Å². The zero-order chi connectivity index (χ0) is 21.5. The van der Waals surface area contributed by atoms with Crippen molar-refractivity contribution in [3.8, 4) is 0 Å². The third-order valence-electron chi connectivity index (χ3n) is 7.18. The number of hydrogen-bond donors (Lipinski definition) is 1. The zero-order valence-corrected chi connectivity index (χ0v) is 18.7. The first-order chi connectivity index (χ1) is 14.2. The Kier molecular flexibility index (Phi) is 5.02. The van der Waals surface area contributed by atoms with Gasteiger partial charge in [-0.2, -0.15) is 0 Å². The molecule has 152 valence electrons. The highest BCUT2D eigenvalue weighted by atomic mass is 14.5. The fraction of sp³-hybridized carbons (Fsp3) is 0.276. The summed E-state index contributed by atoms with van der Waals surface area (Å²) in [6, 6.07) is 23.3. The van der Waals surface area contributed by atoms with Crippen LogP contribution in [-0.2, 0) is 11.8 Å². The third-order valence-corrected chi connectivity index (χ3v) is 7.18. The van der Waals surface area contributed by atoms with Gasteiger partial charge in [-0.05, 0) is 65.0 Å². The van der Waals surface area contributed by atoms with Crippen molar-refractivity contribution in [2.24, 2.45) is 5.41 Å². The van der Waals surface area contributed by atoms with E-state index in [2.05, 4.69) is 83.2 Å². The van der Waals surface area contributed by atoms with Crippen molar-refractivity contribution < 1.29 is 0 Å². The summed E-state index contributed by atoms with van der Waals surface area (Å²) < 4.78 is 0. The molecule has 4 rings (SSSR count). The molecule has 0 fully saturated rings. The summed E-state index contributed by atoms with van der Waals surface area (Å²) in [6.45, 7) is 11.4. The van der Waals surface area contributed by atoms with Crippen molar-refractivity contribution in [3.63, 3.8) is 0 Å². The zero-order valence-electron chi connectivity index (χ0n) is 18.7. The molecule has 1 unspecified atom stereocenters. The monoisotopic (exact) mass is 393 g/mol. The van der Waals surface area contributed by atoms with Gasteiger partial charge in [0.25, 0.3) is 0 Å². The van der Waals surface area contributed by atoms with E-state index in [4.69, 9.17) is 5.41 Å². The standard InChI is InChI=1S/C29H31N/c1-20-11-13-25-19-29(5,16-15-23(25)17-20)28(3,4)26-18-24(14-12-21(26)2)27(30)22-9-7-6-8-10-22/h6-18,30H,19H2,1-5H3. The van der Waals surface area contributed by atoms with Gasteiger partial charge in [0.05, 0.1) is 5.71 Å². The minimum Gasteiger partial charge on any atom is -0.300 e. The molecule has 0 aromatic heterocycles. The quantitative estimate of drug-likeness (QED) is 0.451. The molecule has 1 aliphatic carbocycles. The number of allylic oxidation sites excluding steroid dienone is 1. The van der Waals surface area contributed by atoms with Crippen LogP contribution in [0.5, 0.6) is 0 Å². The molecule has 1 atom stereocenters. The molecule has 30 heavy (non-hydrogen) atoms. The molecule has 0 radical (unpaired) electrons. The fourth-order valence-electron chi connectivity index (χ4n) is 4.72. The molecule has 0 aliphatic heterocycles. The maximum atomic E-state index is 8.74. The Labute approximate surface area is 181 Å². The first kappa shape index (κ1) is 20.3. The lowest BCUT2D eigenvalue weighted by Crippen LogP contribution is -2.41. The Hall–Kier alpha value is -2.93. The van der Waals surface area contributed by atoms with Crippen molar-refractivity contribution in [1.82, 2.24) is 0 Å². The molecule has 3 aromatic carbocycles. The normalized spacial score (nSPS) is 18.2. The smallest absolute Gasteiger partial charge is 0.0684 e. The molecule has 0 saturated heterocycles. The lowest BCUT2D eigenvalue weighted by molar-refractivity contribution is 0.235. The lowest BCUT2D eigenvalue weighted by Gasteiger charge is -2.46. The van der Waals surface area contributed by atoms with Crippen molar-refractivity contribution in [1.29, 1.82) is 5.41 Å². The number of hydrogen-bond acceptors (Lipinski definition) is 1. The molecule has 0 saturated carbocycles. The number of fused-ring (bicyclic) bond motifs is 1. The highest BCUT2D eigenvalue weighted by Gasteiger charge is 2.42. The molecule has 0 bridgehead atoms. The molecule has 0 amide bonds. The molecular weight excluding hydrogens is 362 g/mol. The van der Waals surface area contributed by atoms with Crippen LogP contribution in [0.25, 0.3) is 6.08 Å². The first-order valence-corrected chi connectivity index (χ1v) is 10.8. The van der Waals surface area contributed by atoms with Gasteiger partial charge in [0.15, 0.2) is 0 Å². The van der Waals surface area contributed by atoms with Crippen LogP contribution >= 0.6 is 0 Å². The van der Waals surface area contributed by atoms with Gasteiger partial charge in [0.2, 0.25) is 0 Å². The highest BCUT2D eigenvalue weighted by Crippen LogP contribution is 2.49. The van der Waals surface area contributed by atoms with Crippen LogP contribution in [-0.4, -0.2) is 5.71 Å². The van der Waals surface area contributed by atoms with Gasteiger partial charge in [-0.15, -0.1) is 0 Å². The van der Waals surface area contributed by atoms with Crippen LogP contribution in [0.15, 0.2) is 72.8 Å². The van der Waals surface area contributed by atoms with Crippen LogP contribution < -0.4 is 0 Å². The molecule has 3 aromatic rings. The Morgan fingerprint density at radius 1 is 0.900 bits per heavy atom. The van der Waals surface area contributed by atoms with Crippen LogP contribution in [0.4, 0.5) is 0 Å².